The number of azo groups is 1. The average molecular weight is 248 g/mol. The number of nitrogen functional groups attached to an aromatic ring is 4. The van der Waals surface area contributed by atoms with Crippen LogP contribution in [0, 0.1) is 0 Å². The Kier molecular flexibility index (Phi) is 2.74. The van der Waals surface area contributed by atoms with E-state index in [4.69, 9.17) is 22.9 Å². The molecule has 8 N–H and O–H groups in total. The first-order chi connectivity index (χ1) is 8.52. The molecule has 0 spiro atoms. The van der Waals surface area contributed by atoms with Gasteiger partial charge >= 0.3 is 0 Å². The normalized spacial score (nSPS) is 10.9. The molecular weight excluding hydrogens is 240 g/mol. The van der Waals surface area contributed by atoms with Crippen LogP contribution in [0.4, 0.5) is 35.7 Å². The molecule has 0 saturated heterocycles. The van der Waals surface area contributed by atoms with E-state index in [0.717, 1.165) is 0 Å². The Balaban J connectivity index is 2.29. The van der Waals surface area contributed by atoms with Crippen molar-refractivity contribution in [2.45, 2.75) is 0 Å². The first-order valence-electron chi connectivity index (χ1n) is 4.49. The quantitative estimate of drug-likeness (QED) is 0.466. The van der Waals surface area contributed by atoms with Crippen LogP contribution >= 0.6 is 0 Å². The summed E-state index contributed by atoms with van der Waals surface area (Å²) in [6, 6.07) is 0. The number of hydrogen-bond acceptors (Lipinski definition) is 12. The second-order valence-electron chi connectivity index (χ2n) is 2.90. The van der Waals surface area contributed by atoms with Crippen molar-refractivity contribution in [1.29, 1.82) is 0 Å². The molecule has 0 amide bonds. The highest BCUT2D eigenvalue weighted by Gasteiger charge is 2.02. The number of rotatable bonds is 2. The molecule has 0 atom stereocenters. The third-order valence-electron chi connectivity index (χ3n) is 1.55. The summed E-state index contributed by atoms with van der Waals surface area (Å²) in [7, 11) is 0. The number of nitrogens with zero attached hydrogens (tertiary/aromatic N) is 8. The van der Waals surface area contributed by atoms with Crippen molar-refractivity contribution < 1.29 is 0 Å². The van der Waals surface area contributed by atoms with Crippen molar-refractivity contribution in [3.05, 3.63) is 0 Å². The predicted molar refractivity (Wildman–Crippen MR) is 61.5 cm³/mol. The van der Waals surface area contributed by atoms with E-state index in [2.05, 4.69) is 40.1 Å². The second kappa shape index (κ2) is 4.36. The predicted octanol–water partition coefficient (Wildman–Crippen LogP) is -1.20. The van der Waals surface area contributed by atoms with Crippen LogP contribution in [0.5, 0.6) is 0 Å². The molecule has 0 fully saturated rings. The van der Waals surface area contributed by atoms with Gasteiger partial charge in [-0.15, -0.1) is 10.2 Å². The van der Waals surface area contributed by atoms with E-state index in [1.54, 1.807) is 0 Å². The summed E-state index contributed by atoms with van der Waals surface area (Å²) < 4.78 is 0. The fraction of sp³-hybridized carbons (Fsp3) is 0. The number of hydrogen-bond donors (Lipinski definition) is 4. The molecule has 0 aliphatic carbocycles. The van der Waals surface area contributed by atoms with Crippen molar-refractivity contribution in [3.8, 4) is 0 Å². The van der Waals surface area contributed by atoms with Gasteiger partial charge in [-0.1, -0.05) is 0 Å². The van der Waals surface area contributed by atoms with Crippen molar-refractivity contribution in [1.82, 2.24) is 29.9 Å². The minimum Gasteiger partial charge on any atom is -0.368 e. The largest absolute Gasteiger partial charge is 0.368 e. The summed E-state index contributed by atoms with van der Waals surface area (Å²) >= 11 is 0. The zero-order valence-corrected chi connectivity index (χ0v) is 8.89. The number of nitrogens with two attached hydrogens (primary N) is 4. The average Bonchev–Trinajstić information content (AvgIpc) is 2.23. The Morgan fingerprint density at radius 2 is 0.778 bits per heavy atom. The van der Waals surface area contributed by atoms with E-state index < -0.39 is 0 Å². The number of anilines is 4. The smallest absolute Gasteiger partial charge is 0.275 e. The minimum atomic E-state index is -0.0856. The summed E-state index contributed by atoms with van der Waals surface area (Å²) in [5.74, 6) is -0.482. The Bertz CT molecular complexity index is 512. The molecule has 2 aromatic rings. The number of aromatic nitrogens is 6. The molecule has 2 rings (SSSR count). The van der Waals surface area contributed by atoms with E-state index >= 15 is 0 Å². The van der Waals surface area contributed by atoms with Crippen LogP contribution in [0.1, 0.15) is 0 Å². The fourth-order valence-corrected chi connectivity index (χ4v) is 0.973. The van der Waals surface area contributed by atoms with Crippen LogP contribution in [0.2, 0.25) is 0 Å². The van der Waals surface area contributed by atoms with E-state index in [-0.39, 0.29) is 35.7 Å². The lowest BCUT2D eigenvalue weighted by Gasteiger charge is -1.96. The lowest BCUT2D eigenvalue weighted by molar-refractivity contribution is 0.980. The lowest BCUT2D eigenvalue weighted by Crippen LogP contribution is -2.02. The Hall–Kier alpha value is -3.18. The zero-order valence-electron chi connectivity index (χ0n) is 8.89. The standard InChI is InChI=1S/C6H8N12/c7-1-11-2(8)14-5(13-1)17-18-6-15-3(9)12-4(10)16-6/h(H4,7,8,11,13,14)(H4,9,10,12,15,16). The van der Waals surface area contributed by atoms with Crippen LogP contribution in [-0.4, -0.2) is 29.9 Å². The van der Waals surface area contributed by atoms with Crippen LogP contribution in [-0.2, 0) is 0 Å². The van der Waals surface area contributed by atoms with E-state index in [1.807, 2.05) is 0 Å². The van der Waals surface area contributed by atoms with Gasteiger partial charge in [0.2, 0.25) is 23.8 Å². The van der Waals surface area contributed by atoms with Crippen molar-refractivity contribution in [2.24, 2.45) is 10.2 Å². The summed E-state index contributed by atoms with van der Waals surface area (Å²) in [4.78, 5) is 21.8. The van der Waals surface area contributed by atoms with Gasteiger partial charge in [0.1, 0.15) is 0 Å². The molecule has 0 radical (unpaired) electrons. The Morgan fingerprint density at radius 1 is 0.500 bits per heavy atom. The van der Waals surface area contributed by atoms with Gasteiger partial charge in [0.15, 0.2) is 0 Å². The van der Waals surface area contributed by atoms with E-state index in [0.29, 0.717) is 0 Å². The maximum atomic E-state index is 5.35. The monoisotopic (exact) mass is 248 g/mol. The van der Waals surface area contributed by atoms with Gasteiger partial charge in [0.05, 0.1) is 0 Å². The Labute approximate surface area is 99.6 Å². The molecule has 18 heavy (non-hydrogen) atoms. The molecule has 12 nitrogen and oxygen atoms in total. The van der Waals surface area contributed by atoms with E-state index in [1.165, 1.54) is 0 Å². The first-order valence-corrected chi connectivity index (χ1v) is 4.49. The zero-order chi connectivity index (χ0) is 13.1. The summed E-state index contributed by atoms with van der Waals surface area (Å²) in [5, 5.41) is 7.24. The molecule has 2 heterocycles. The summed E-state index contributed by atoms with van der Waals surface area (Å²) in [6.07, 6.45) is 0. The topological polar surface area (TPSA) is 206 Å². The van der Waals surface area contributed by atoms with Crippen molar-refractivity contribution >= 4 is 35.7 Å². The highest BCUT2D eigenvalue weighted by atomic mass is 15.3. The van der Waals surface area contributed by atoms with Gasteiger partial charge in [-0.25, -0.2) is 0 Å². The molecule has 0 bridgehead atoms. The lowest BCUT2D eigenvalue weighted by atomic mass is 10.8. The summed E-state index contributed by atoms with van der Waals surface area (Å²) in [5.41, 5.74) is 21.4. The highest BCUT2D eigenvalue weighted by Crippen LogP contribution is 2.13. The SMILES string of the molecule is Nc1nc(N)nc(N=Nc2nc(N)nc(N)n2)n1. The molecule has 0 aliphatic rings. The van der Waals surface area contributed by atoms with Crippen molar-refractivity contribution in [3.63, 3.8) is 0 Å². The van der Waals surface area contributed by atoms with Gasteiger partial charge in [0.25, 0.3) is 11.9 Å². The van der Waals surface area contributed by atoms with Gasteiger partial charge in [0, 0.05) is 0 Å². The maximum Gasteiger partial charge on any atom is 0.275 e. The molecule has 0 aromatic carbocycles. The van der Waals surface area contributed by atoms with Crippen LogP contribution in [0.15, 0.2) is 10.2 Å². The van der Waals surface area contributed by atoms with Crippen molar-refractivity contribution in [2.75, 3.05) is 22.9 Å². The first kappa shape index (κ1) is 11.3. The van der Waals surface area contributed by atoms with Gasteiger partial charge in [-0.2, -0.15) is 29.9 Å². The second-order valence-corrected chi connectivity index (χ2v) is 2.90. The fourth-order valence-electron chi connectivity index (χ4n) is 0.973. The molecule has 92 valence electrons. The molecule has 2 aromatic heterocycles. The van der Waals surface area contributed by atoms with Gasteiger partial charge in [-0.05, 0) is 0 Å². The highest BCUT2D eigenvalue weighted by molar-refractivity contribution is 5.35. The van der Waals surface area contributed by atoms with Crippen LogP contribution in [0.3, 0.4) is 0 Å². The van der Waals surface area contributed by atoms with Crippen LogP contribution < -0.4 is 22.9 Å². The summed E-state index contributed by atoms with van der Waals surface area (Å²) in [6.45, 7) is 0. The maximum absolute atomic E-state index is 5.35. The van der Waals surface area contributed by atoms with Gasteiger partial charge < -0.3 is 22.9 Å². The minimum absolute atomic E-state index is 0.0777. The molecule has 12 heteroatoms. The Morgan fingerprint density at radius 3 is 1.06 bits per heavy atom. The van der Waals surface area contributed by atoms with Gasteiger partial charge in [-0.3, -0.25) is 0 Å². The molecular formula is C6H8N12. The van der Waals surface area contributed by atoms with E-state index in [9.17, 15) is 0 Å². The third kappa shape index (κ3) is 2.69. The molecule has 0 aliphatic heterocycles. The molecule has 0 saturated carbocycles. The third-order valence-corrected chi connectivity index (χ3v) is 1.55. The van der Waals surface area contributed by atoms with Crippen LogP contribution in [0.25, 0.3) is 0 Å². The molecule has 0 unspecified atom stereocenters.